The second-order valence-electron chi connectivity index (χ2n) is 6.29. The van der Waals surface area contributed by atoms with Gasteiger partial charge in [0.2, 0.25) is 5.88 Å². The van der Waals surface area contributed by atoms with Crippen LogP contribution in [0, 0.1) is 12.7 Å². The van der Waals surface area contributed by atoms with E-state index in [4.69, 9.17) is 4.74 Å². The van der Waals surface area contributed by atoms with Gasteiger partial charge in [-0.3, -0.25) is 0 Å². The Hall–Kier alpha value is -1.49. The maximum absolute atomic E-state index is 14.7. The summed E-state index contributed by atoms with van der Waals surface area (Å²) in [5, 5.41) is 0.487. The highest BCUT2D eigenvalue weighted by atomic mass is 127. The summed E-state index contributed by atoms with van der Waals surface area (Å²) in [5.41, 5.74) is -0.0607. The smallest absolute Gasteiger partial charge is 0.359 e. The number of ether oxygens (including phenoxy) is 1. The molecule has 2 aromatic heterocycles. The number of likely N-dealkylation sites (N-methyl/N-ethyl adjacent to an activating group) is 1. The number of halogens is 2. The fourth-order valence-electron chi connectivity index (χ4n) is 3.45. The number of hydrogen-bond acceptors (Lipinski definition) is 6. The van der Waals surface area contributed by atoms with Crippen LogP contribution < -0.4 is 15.3 Å². The summed E-state index contributed by atoms with van der Waals surface area (Å²) in [6, 6.07) is 0.182. The van der Waals surface area contributed by atoms with Crippen LogP contribution in [-0.2, 0) is 0 Å². The molecule has 24 heavy (non-hydrogen) atoms. The zero-order chi connectivity index (χ0) is 17.0. The zero-order valence-corrected chi connectivity index (χ0v) is 15.6. The largest absolute Gasteiger partial charge is 0.477 e. The molecule has 2 aliphatic rings. The average Bonchev–Trinajstić information content (AvgIpc) is 2.53. The normalized spacial score (nSPS) is 21.2. The van der Waals surface area contributed by atoms with Gasteiger partial charge in [-0.25, -0.2) is 16.9 Å². The van der Waals surface area contributed by atoms with E-state index >= 15 is 0 Å². The fourth-order valence-corrected chi connectivity index (χ4v) is 4.01. The molecule has 4 heterocycles. The summed E-state index contributed by atoms with van der Waals surface area (Å²) in [6.07, 6.45) is 0.804. The number of aromatic nitrogens is 3. The van der Waals surface area contributed by atoms with E-state index in [0.717, 1.165) is 26.1 Å². The molecule has 0 aromatic carbocycles. The van der Waals surface area contributed by atoms with E-state index in [1.165, 1.54) is 2.78 Å². The molecule has 1 saturated heterocycles. The van der Waals surface area contributed by atoms with Crippen molar-refractivity contribution in [2.45, 2.75) is 19.4 Å². The van der Waals surface area contributed by atoms with Gasteiger partial charge < -0.3 is 14.5 Å². The second-order valence-corrected chi connectivity index (χ2v) is 7.25. The number of nitrogens with zero attached hydrogens (tertiary/aromatic N) is 5. The number of anilines is 1. The topological polar surface area (TPSA) is 63.5 Å². The highest BCUT2D eigenvalue weighted by molar-refractivity contribution is 14.1. The Morgan fingerprint density at radius 3 is 2.92 bits per heavy atom. The van der Waals surface area contributed by atoms with Gasteiger partial charge in [-0.1, -0.05) is 0 Å². The van der Waals surface area contributed by atoms with Gasteiger partial charge in [-0.2, -0.15) is 4.98 Å². The second kappa shape index (κ2) is 5.80. The van der Waals surface area contributed by atoms with E-state index in [9.17, 15) is 9.18 Å². The van der Waals surface area contributed by atoms with Gasteiger partial charge in [0.1, 0.15) is 16.7 Å². The van der Waals surface area contributed by atoms with Crippen LogP contribution >= 0.6 is 22.9 Å². The Labute approximate surface area is 151 Å². The number of rotatable bonds is 0. The molecule has 1 atom stereocenters. The molecule has 2 aromatic rings. The Kier molecular flexibility index (Phi) is 3.87. The number of hydrogen-bond donors (Lipinski definition) is 0. The van der Waals surface area contributed by atoms with Crippen LogP contribution in [0.15, 0.2) is 4.79 Å². The Bertz CT molecular complexity index is 887. The number of piperazine rings is 1. The summed E-state index contributed by atoms with van der Waals surface area (Å²) in [4.78, 5) is 25.2. The van der Waals surface area contributed by atoms with E-state index in [1.807, 2.05) is 0 Å². The van der Waals surface area contributed by atoms with Gasteiger partial charge in [0.25, 0.3) is 0 Å². The standard InChI is InChI=1S/C15H17FIN5O2/c1-8-11(16)12-10-13(19-15(23)22(12)17)21-5-4-20(2)7-9(21)3-6-24-14(10)18-8/h9H,3-7H2,1-2H3. The molecule has 0 bridgehead atoms. The van der Waals surface area contributed by atoms with E-state index in [-0.39, 0.29) is 17.3 Å². The highest BCUT2D eigenvalue weighted by Crippen LogP contribution is 2.37. The van der Waals surface area contributed by atoms with Crippen molar-refractivity contribution in [3.8, 4) is 5.88 Å². The van der Waals surface area contributed by atoms with E-state index in [2.05, 4.69) is 26.8 Å². The van der Waals surface area contributed by atoms with Crippen molar-refractivity contribution in [3.63, 3.8) is 0 Å². The summed E-state index contributed by atoms with van der Waals surface area (Å²) in [5.74, 6) is 0.343. The SMILES string of the molecule is Cc1nc2c3c(nc(=O)n(I)c3c1F)N1CCN(C)CC1CCO2. The van der Waals surface area contributed by atoms with Gasteiger partial charge >= 0.3 is 5.69 Å². The van der Waals surface area contributed by atoms with Crippen molar-refractivity contribution < 1.29 is 9.13 Å². The molecule has 1 fully saturated rings. The van der Waals surface area contributed by atoms with Gasteiger partial charge in [-0.15, -0.1) is 0 Å². The molecule has 0 aliphatic carbocycles. The Balaban J connectivity index is 2.06. The molecule has 4 rings (SSSR count). The van der Waals surface area contributed by atoms with Crippen molar-refractivity contribution in [2.24, 2.45) is 0 Å². The molecule has 7 nitrogen and oxygen atoms in total. The molecule has 128 valence electrons. The molecule has 0 spiro atoms. The van der Waals surface area contributed by atoms with E-state index < -0.39 is 11.5 Å². The molecule has 0 N–H and O–H groups in total. The predicted molar refractivity (Wildman–Crippen MR) is 96.7 cm³/mol. The van der Waals surface area contributed by atoms with E-state index in [0.29, 0.717) is 23.7 Å². The number of fused-ring (bicyclic) bond motifs is 2. The van der Waals surface area contributed by atoms with Crippen LogP contribution in [0.4, 0.5) is 10.2 Å². The number of aryl methyl sites for hydroxylation is 1. The quantitative estimate of drug-likeness (QED) is 0.571. The molecule has 0 amide bonds. The summed E-state index contributed by atoms with van der Waals surface area (Å²) >= 11 is 1.78. The van der Waals surface area contributed by atoms with Crippen LogP contribution in [0.1, 0.15) is 12.1 Å². The van der Waals surface area contributed by atoms with Crippen molar-refractivity contribution >= 4 is 39.6 Å². The molecule has 1 unspecified atom stereocenters. The molecule has 9 heteroatoms. The molecular weight excluding hydrogens is 428 g/mol. The first-order chi connectivity index (χ1) is 11.5. The monoisotopic (exact) mass is 445 g/mol. The molecule has 0 radical (unpaired) electrons. The lowest BCUT2D eigenvalue weighted by Gasteiger charge is -2.42. The minimum Gasteiger partial charge on any atom is -0.477 e. The van der Waals surface area contributed by atoms with Crippen LogP contribution in [0.5, 0.6) is 5.88 Å². The maximum Gasteiger partial charge on any atom is 0.359 e. The molecular formula is C15H17FIN5O2. The van der Waals surface area contributed by atoms with Gasteiger partial charge in [0.05, 0.1) is 35.2 Å². The van der Waals surface area contributed by atoms with Crippen molar-refractivity contribution in [3.05, 3.63) is 22.0 Å². The lowest BCUT2D eigenvalue weighted by molar-refractivity contribution is 0.222. The molecule has 2 aliphatic heterocycles. The van der Waals surface area contributed by atoms with Crippen LogP contribution in [0.25, 0.3) is 10.9 Å². The lowest BCUT2D eigenvalue weighted by Crippen LogP contribution is -2.53. The van der Waals surface area contributed by atoms with Crippen molar-refractivity contribution in [2.75, 3.05) is 38.2 Å². The third kappa shape index (κ3) is 2.36. The maximum atomic E-state index is 14.7. The summed E-state index contributed by atoms with van der Waals surface area (Å²) in [6.45, 7) is 4.54. The van der Waals surface area contributed by atoms with E-state index in [1.54, 1.807) is 29.8 Å². The first-order valence-corrected chi connectivity index (χ1v) is 8.81. The minimum atomic E-state index is -0.501. The van der Waals surface area contributed by atoms with Crippen molar-refractivity contribution in [1.29, 1.82) is 0 Å². The van der Waals surface area contributed by atoms with Gasteiger partial charge in [0, 0.05) is 32.1 Å². The summed E-state index contributed by atoms with van der Waals surface area (Å²) < 4.78 is 21.8. The average molecular weight is 445 g/mol. The van der Waals surface area contributed by atoms with Crippen LogP contribution in [0.2, 0.25) is 0 Å². The van der Waals surface area contributed by atoms with Gasteiger partial charge in [0.15, 0.2) is 5.82 Å². The Morgan fingerprint density at radius 1 is 1.33 bits per heavy atom. The molecule has 0 saturated carbocycles. The first-order valence-electron chi connectivity index (χ1n) is 7.84. The Morgan fingerprint density at radius 2 is 2.12 bits per heavy atom. The summed E-state index contributed by atoms with van der Waals surface area (Å²) in [7, 11) is 2.07. The van der Waals surface area contributed by atoms with Gasteiger partial charge in [-0.05, 0) is 14.0 Å². The van der Waals surface area contributed by atoms with Crippen LogP contribution in [-0.4, -0.2) is 57.0 Å². The van der Waals surface area contributed by atoms with Crippen LogP contribution in [0.3, 0.4) is 0 Å². The third-order valence-electron chi connectivity index (χ3n) is 4.68. The lowest BCUT2D eigenvalue weighted by atomic mass is 10.1. The highest BCUT2D eigenvalue weighted by Gasteiger charge is 2.32. The fraction of sp³-hybridized carbons (Fsp3) is 0.533. The predicted octanol–water partition coefficient (Wildman–Crippen LogP) is 1.34. The zero-order valence-electron chi connectivity index (χ0n) is 13.4. The van der Waals surface area contributed by atoms with Crippen molar-refractivity contribution in [1.82, 2.24) is 17.6 Å². The number of pyridine rings is 1. The minimum absolute atomic E-state index is 0.182. The third-order valence-corrected chi connectivity index (χ3v) is 5.58. The first kappa shape index (κ1) is 16.0.